The van der Waals surface area contributed by atoms with Crippen LogP contribution in [0.2, 0.25) is 5.02 Å². The predicted octanol–water partition coefficient (Wildman–Crippen LogP) is 6.18. The van der Waals surface area contributed by atoms with Gasteiger partial charge in [-0.3, -0.25) is 9.59 Å². The molecular weight excluding hydrogens is 485 g/mol. The Morgan fingerprint density at radius 2 is 1.80 bits per heavy atom. The van der Waals surface area contributed by atoms with Crippen molar-refractivity contribution in [3.8, 4) is 17.4 Å². The molecule has 0 aliphatic heterocycles. The number of carbonyl (C=O) groups excluding carboxylic acids is 1. The number of ether oxygens (including phenoxy) is 2. The second kappa shape index (κ2) is 8.74. The summed E-state index contributed by atoms with van der Waals surface area (Å²) < 4.78 is 46.7. The Morgan fingerprint density at radius 3 is 2.54 bits per heavy atom. The van der Waals surface area contributed by atoms with Gasteiger partial charge in [0.15, 0.2) is 5.78 Å². The average Bonchev–Trinajstić information content (AvgIpc) is 2.79. The molecule has 1 aliphatic rings. The fourth-order valence-electron chi connectivity index (χ4n) is 4.19. The van der Waals surface area contributed by atoms with E-state index < -0.39 is 12.1 Å². The number of pyridine rings is 2. The molecule has 10 heteroatoms. The highest BCUT2D eigenvalue weighted by Gasteiger charge is 2.31. The highest BCUT2D eigenvalue weighted by Crippen LogP contribution is 2.33. The van der Waals surface area contributed by atoms with E-state index in [0.29, 0.717) is 28.0 Å². The zero-order chi connectivity index (χ0) is 24.7. The molecule has 4 aromatic rings. The SMILES string of the molecule is O=C1CC(c2ccc(Oc3cccc(OC(F)(F)F)c3)nc2)Cc2[nH]c3ccc(Cl)cc3c(=O)c21. The topological polar surface area (TPSA) is 81.3 Å². The van der Waals surface area contributed by atoms with Gasteiger partial charge in [-0.15, -0.1) is 13.2 Å². The number of hydrogen-bond donors (Lipinski definition) is 1. The summed E-state index contributed by atoms with van der Waals surface area (Å²) in [6.45, 7) is 0. The molecule has 2 heterocycles. The summed E-state index contributed by atoms with van der Waals surface area (Å²) in [5, 5.41) is 0.785. The summed E-state index contributed by atoms with van der Waals surface area (Å²) in [6, 6.07) is 13.3. The number of rotatable bonds is 4. The zero-order valence-electron chi connectivity index (χ0n) is 17.9. The zero-order valence-corrected chi connectivity index (χ0v) is 18.6. The lowest BCUT2D eigenvalue weighted by atomic mass is 9.81. The molecule has 2 aromatic heterocycles. The highest BCUT2D eigenvalue weighted by atomic mass is 35.5. The Morgan fingerprint density at radius 1 is 1.00 bits per heavy atom. The largest absolute Gasteiger partial charge is 0.573 e. The van der Waals surface area contributed by atoms with Gasteiger partial charge in [0.05, 0.1) is 5.56 Å². The molecule has 178 valence electrons. The number of ketones is 1. The monoisotopic (exact) mass is 500 g/mol. The Bertz CT molecular complexity index is 1500. The van der Waals surface area contributed by atoms with Crippen molar-refractivity contribution in [2.45, 2.75) is 25.1 Å². The van der Waals surface area contributed by atoms with E-state index in [2.05, 4.69) is 14.7 Å². The maximum atomic E-state index is 12.9. The number of aromatic nitrogens is 2. The lowest BCUT2D eigenvalue weighted by molar-refractivity contribution is -0.274. The summed E-state index contributed by atoms with van der Waals surface area (Å²) in [4.78, 5) is 33.2. The van der Waals surface area contributed by atoms with Gasteiger partial charge in [0.1, 0.15) is 11.5 Å². The highest BCUT2D eigenvalue weighted by molar-refractivity contribution is 6.31. The molecule has 6 nitrogen and oxygen atoms in total. The number of fused-ring (bicyclic) bond motifs is 2. The van der Waals surface area contributed by atoms with Gasteiger partial charge in [-0.25, -0.2) is 4.98 Å². The van der Waals surface area contributed by atoms with E-state index in [1.165, 1.54) is 12.1 Å². The molecule has 0 radical (unpaired) electrons. The summed E-state index contributed by atoms with van der Waals surface area (Å²) in [7, 11) is 0. The summed E-state index contributed by atoms with van der Waals surface area (Å²) in [5.41, 5.74) is 1.75. The van der Waals surface area contributed by atoms with E-state index in [9.17, 15) is 22.8 Å². The first kappa shape index (κ1) is 22.9. The van der Waals surface area contributed by atoms with Gasteiger partial charge >= 0.3 is 6.36 Å². The molecule has 0 spiro atoms. The van der Waals surface area contributed by atoms with Crippen LogP contribution in [0.15, 0.2) is 65.6 Å². The van der Waals surface area contributed by atoms with Crippen LogP contribution in [0.3, 0.4) is 0 Å². The number of nitrogens with zero attached hydrogens (tertiary/aromatic N) is 1. The van der Waals surface area contributed by atoms with E-state index in [1.54, 1.807) is 36.5 Å². The summed E-state index contributed by atoms with van der Waals surface area (Å²) >= 11 is 6.00. The van der Waals surface area contributed by atoms with Crippen molar-refractivity contribution in [3.05, 3.63) is 92.9 Å². The molecule has 0 saturated carbocycles. The van der Waals surface area contributed by atoms with Crippen molar-refractivity contribution in [2.75, 3.05) is 0 Å². The number of H-pyrrole nitrogens is 1. The Kier molecular flexibility index (Phi) is 5.72. The summed E-state index contributed by atoms with van der Waals surface area (Å²) in [5.74, 6) is -0.591. The third-order valence-corrected chi connectivity index (χ3v) is 5.93. The van der Waals surface area contributed by atoms with Gasteiger partial charge < -0.3 is 14.5 Å². The molecule has 0 amide bonds. The number of Topliss-reactive ketones (excluding diaryl/α,β-unsaturated/α-hetero) is 1. The van der Waals surface area contributed by atoms with Crippen molar-refractivity contribution in [1.82, 2.24) is 9.97 Å². The fraction of sp³-hybridized carbons (Fsp3) is 0.160. The fourth-order valence-corrected chi connectivity index (χ4v) is 4.36. The minimum Gasteiger partial charge on any atom is -0.439 e. The Balaban J connectivity index is 1.36. The maximum absolute atomic E-state index is 12.9. The molecule has 1 N–H and O–H groups in total. The number of alkyl halides is 3. The Hall–Kier alpha value is -3.85. The minimum atomic E-state index is -4.81. The van der Waals surface area contributed by atoms with Crippen LogP contribution in [-0.2, 0) is 6.42 Å². The number of nitrogens with one attached hydrogen (secondary N) is 1. The number of halogens is 4. The van der Waals surface area contributed by atoms with Crippen molar-refractivity contribution in [3.63, 3.8) is 0 Å². The van der Waals surface area contributed by atoms with Crippen LogP contribution in [0.4, 0.5) is 13.2 Å². The van der Waals surface area contributed by atoms with Gasteiger partial charge in [-0.1, -0.05) is 23.7 Å². The quantitative estimate of drug-likeness (QED) is 0.362. The first-order valence-corrected chi connectivity index (χ1v) is 10.9. The van der Waals surface area contributed by atoms with Crippen LogP contribution in [0.25, 0.3) is 10.9 Å². The van der Waals surface area contributed by atoms with Gasteiger partial charge in [0.2, 0.25) is 11.3 Å². The third-order valence-electron chi connectivity index (χ3n) is 5.69. The van der Waals surface area contributed by atoms with Crippen LogP contribution in [0.1, 0.15) is 34.0 Å². The number of carbonyl (C=O) groups is 1. The van der Waals surface area contributed by atoms with Crippen molar-refractivity contribution >= 4 is 28.3 Å². The molecule has 1 unspecified atom stereocenters. The van der Waals surface area contributed by atoms with Crippen LogP contribution in [0, 0.1) is 0 Å². The molecular formula is C25H16ClF3N2O4. The van der Waals surface area contributed by atoms with E-state index in [4.69, 9.17) is 16.3 Å². The first-order valence-electron chi connectivity index (χ1n) is 10.5. The second-order valence-electron chi connectivity index (χ2n) is 8.08. The normalized spacial score (nSPS) is 15.7. The van der Waals surface area contributed by atoms with Crippen LogP contribution in [0.5, 0.6) is 17.4 Å². The van der Waals surface area contributed by atoms with Gasteiger partial charge in [-0.2, -0.15) is 0 Å². The van der Waals surface area contributed by atoms with E-state index >= 15 is 0 Å². The molecule has 2 aromatic carbocycles. The lowest BCUT2D eigenvalue weighted by Gasteiger charge is -2.24. The third kappa shape index (κ3) is 4.85. The lowest BCUT2D eigenvalue weighted by Crippen LogP contribution is -2.27. The molecule has 0 fully saturated rings. The first-order chi connectivity index (χ1) is 16.7. The van der Waals surface area contributed by atoms with Crippen molar-refractivity contribution < 1.29 is 27.4 Å². The minimum absolute atomic E-state index is 0.123. The number of benzene rings is 2. The average molecular weight is 501 g/mol. The van der Waals surface area contributed by atoms with E-state index in [1.807, 2.05) is 0 Å². The van der Waals surface area contributed by atoms with E-state index in [0.717, 1.165) is 17.7 Å². The number of hydrogen-bond acceptors (Lipinski definition) is 5. The van der Waals surface area contributed by atoms with Gasteiger partial charge in [0, 0.05) is 46.4 Å². The van der Waals surface area contributed by atoms with Crippen LogP contribution < -0.4 is 14.9 Å². The molecule has 0 bridgehead atoms. The number of aromatic amines is 1. The second-order valence-corrected chi connectivity index (χ2v) is 8.52. The molecule has 1 aliphatic carbocycles. The van der Waals surface area contributed by atoms with Crippen LogP contribution in [-0.4, -0.2) is 22.1 Å². The smallest absolute Gasteiger partial charge is 0.439 e. The Labute approximate surface area is 201 Å². The predicted molar refractivity (Wildman–Crippen MR) is 122 cm³/mol. The van der Waals surface area contributed by atoms with Gasteiger partial charge in [0.25, 0.3) is 0 Å². The standard InChI is InChI=1S/C25H16ClF3N2O4/c26-15-5-6-19-18(10-15)24(33)23-20(31-19)8-14(9-21(23)32)13-4-7-22(30-12-13)34-16-2-1-3-17(11-16)35-25(27,28)29/h1-7,10-12,14H,8-9H2,(H,31,33). The molecule has 35 heavy (non-hydrogen) atoms. The van der Waals surface area contributed by atoms with Gasteiger partial charge in [-0.05, 0) is 48.2 Å². The maximum Gasteiger partial charge on any atom is 0.573 e. The molecule has 0 saturated heterocycles. The van der Waals surface area contributed by atoms with Crippen LogP contribution >= 0.6 is 11.6 Å². The summed E-state index contributed by atoms with van der Waals surface area (Å²) in [6.07, 6.45) is -2.68. The van der Waals surface area contributed by atoms with Crippen molar-refractivity contribution in [1.29, 1.82) is 0 Å². The van der Waals surface area contributed by atoms with Crippen molar-refractivity contribution in [2.24, 2.45) is 0 Å². The van der Waals surface area contributed by atoms with E-state index in [-0.39, 0.29) is 40.7 Å². The molecule has 1 atom stereocenters. The molecule has 5 rings (SSSR count).